The summed E-state index contributed by atoms with van der Waals surface area (Å²) in [5.74, 6) is -0.589. The number of amides is 2. The smallest absolute Gasteiger partial charge is 0.264 e. The number of nitrogens with zero attached hydrogens (tertiary/aromatic N) is 2. The maximum absolute atomic E-state index is 14.4. The zero-order valence-corrected chi connectivity index (χ0v) is 27.7. The molecule has 4 rings (SSSR count). The van der Waals surface area contributed by atoms with Gasteiger partial charge in [-0.3, -0.25) is 13.9 Å². The lowest BCUT2D eigenvalue weighted by molar-refractivity contribution is -0.139. The molecule has 0 radical (unpaired) electrons. The van der Waals surface area contributed by atoms with Crippen molar-refractivity contribution >= 4 is 55.1 Å². The topological polar surface area (TPSA) is 96.0 Å². The number of methoxy groups -OCH3 is 1. The van der Waals surface area contributed by atoms with E-state index in [4.69, 9.17) is 16.3 Å². The number of halogens is 2. The highest BCUT2D eigenvalue weighted by molar-refractivity contribution is 9.10. The number of rotatable bonds is 12. The van der Waals surface area contributed by atoms with Crippen LogP contribution in [0.3, 0.4) is 0 Å². The lowest BCUT2D eigenvalue weighted by atomic mass is 10.0. The first-order valence-electron chi connectivity index (χ1n) is 13.8. The van der Waals surface area contributed by atoms with Gasteiger partial charge in [0.2, 0.25) is 11.8 Å². The molecule has 0 heterocycles. The highest BCUT2D eigenvalue weighted by Crippen LogP contribution is 2.32. The van der Waals surface area contributed by atoms with Gasteiger partial charge in [-0.1, -0.05) is 87.7 Å². The number of aryl methyl sites for hydroxylation is 1. The molecule has 0 saturated carbocycles. The fourth-order valence-corrected chi connectivity index (χ4v) is 6.61. The molecule has 0 aliphatic carbocycles. The molecule has 1 atom stereocenters. The van der Waals surface area contributed by atoms with Crippen LogP contribution in [0.2, 0.25) is 5.02 Å². The molecule has 4 aromatic carbocycles. The summed E-state index contributed by atoms with van der Waals surface area (Å²) in [7, 11) is -1.28. The Hall–Kier alpha value is -3.86. The molecule has 0 bridgehead atoms. The summed E-state index contributed by atoms with van der Waals surface area (Å²) in [6.45, 7) is 1.34. The molecule has 0 saturated heterocycles. The molecule has 2 amide bonds. The predicted molar refractivity (Wildman–Crippen MR) is 176 cm³/mol. The Morgan fingerprint density at radius 3 is 2.18 bits per heavy atom. The van der Waals surface area contributed by atoms with Gasteiger partial charge in [-0.05, 0) is 60.5 Å². The third kappa shape index (κ3) is 7.99. The van der Waals surface area contributed by atoms with E-state index in [1.54, 1.807) is 18.2 Å². The number of carbonyl (C=O) groups is 2. The van der Waals surface area contributed by atoms with E-state index in [-0.39, 0.29) is 34.5 Å². The van der Waals surface area contributed by atoms with Crippen LogP contribution in [-0.2, 0) is 32.6 Å². The van der Waals surface area contributed by atoms with Crippen molar-refractivity contribution in [3.05, 3.63) is 123 Å². The van der Waals surface area contributed by atoms with Crippen molar-refractivity contribution in [3.8, 4) is 5.75 Å². The van der Waals surface area contributed by atoms with Gasteiger partial charge in [-0.15, -0.1) is 0 Å². The van der Waals surface area contributed by atoms with Crippen molar-refractivity contribution in [2.75, 3.05) is 25.0 Å². The van der Waals surface area contributed by atoms with Gasteiger partial charge in [0.15, 0.2) is 0 Å². The van der Waals surface area contributed by atoms with E-state index in [1.165, 1.54) is 43.3 Å². The van der Waals surface area contributed by atoms with Crippen LogP contribution in [0.25, 0.3) is 0 Å². The van der Waals surface area contributed by atoms with Gasteiger partial charge >= 0.3 is 0 Å². The minimum atomic E-state index is -4.25. The number of anilines is 1. The van der Waals surface area contributed by atoms with Crippen molar-refractivity contribution < 1.29 is 22.7 Å². The van der Waals surface area contributed by atoms with Crippen LogP contribution in [0.5, 0.6) is 5.75 Å². The second kappa shape index (κ2) is 14.7. The number of hydrogen-bond donors (Lipinski definition) is 1. The van der Waals surface area contributed by atoms with Gasteiger partial charge in [-0.2, -0.15) is 0 Å². The van der Waals surface area contributed by atoms with Crippen molar-refractivity contribution in [1.29, 1.82) is 0 Å². The van der Waals surface area contributed by atoms with Crippen LogP contribution in [0, 0.1) is 6.92 Å². The van der Waals surface area contributed by atoms with Crippen molar-refractivity contribution in [2.45, 2.75) is 30.8 Å². The fraction of sp³-hybridized carbons (Fsp3) is 0.212. The zero-order chi connectivity index (χ0) is 31.9. The second-order valence-electron chi connectivity index (χ2n) is 10.1. The first-order valence-corrected chi connectivity index (χ1v) is 16.4. The van der Waals surface area contributed by atoms with Gasteiger partial charge in [-0.25, -0.2) is 8.42 Å². The highest BCUT2D eigenvalue weighted by atomic mass is 79.9. The average Bonchev–Trinajstić information content (AvgIpc) is 3.02. The minimum absolute atomic E-state index is 0.00874. The van der Waals surface area contributed by atoms with Gasteiger partial charge < -0.3 is 15.0 Å². The van der Waals surface area contributed by atoms with E-state index >= 15 is 0 Å². The molecule has 0 fully saturated rings. The Balaban J connectivity index is 1.80. The SMILES string of the molecule is CNC(=O)[C@@H](Cc1ccccc1)N(Cc1ccc(Br)cc1)C(=O)CN(c1ccc(OC)c(Cl)c1)S(=O)(=O)c1ccc(C)cc1. The van der Waals surface area contributed by atoms with Crippen molar-refractivity contribution in [1.82, 2.24) is 10.2 Å². The van der Waals surface area contributed by atoms with Gasteiger partial charge in [0.05, 0.1) is 22.7 Å². The molecule has 4 aromatic rings. The Morgan fingerprint density at radius 1 is 0.932 bits per heavy atom. The molecule has 0 aromatic heterocycles. The number of carbonyl (C=O) groups excluding carboxylic acids is 2. The summed E-state index contributed by atoms with van der Waals surface area (Å²) in [6.07, 6.45) is 0.224. The number of benzene rings is 4. The normalized spacial score (nSPS) is 11.8. The van der Waals surface area contributed by atoms with E-state index in [0.717, 1.165) is 25.5 Å². The van der Waals surface area contributed by atoms with Crippen LogP contribution in [0.4, 0.5) is 5.69 Å². The van der Waals surface area contributed by atoms with Crippen LogP contribution in [-0.4, -0.2) is 51.9 Å². The summed E-state index contributed by atoms with van der Waals surface area (Å²) >= 11 is 9.85. The number of sulfonamides is 1. The number of hydrogen-bond acceptors (Lipinski definition) is 5. The molecule has 1 N–H and O–H groups in total. The first-order chi connectivity index (χ1) is 21.0. The van der Waals surface area contributed by atoms with E-state index in [1.807, 2.05) is 61.5 Å². The third-order valence-corrected chi connectivity index (χ3v) is 9.71. The van der Waals surface area contributed by atoms with Crippen molar-refractivity contribution in [2.24, 2.45) is 0 Å². The van der Waals surface area contributed by atoms with E-state index < -0.39 is 28.5 Å². The van der Waals surface area contributed by atoms with E-state index in [2.05, 4.69) is 21.2 Å². The van der Waals surface area contributed by atoms with Gasteiger partial charge in [0, 0.05) is 24.5 Å². The largest absolute Gasteiger partial charge is 0.495 e. The predicted octanol–water partition coefficient (Wildman–Crippen LogP) is 6.00. The molecular formula is C33H33BrClN3O5S. The third-order valence-electron chi connectivity index (χ3n) is 7.09. The Labute approximate surface area is 271 Å². The minimum Gasteiger partial charge on any atom is -0.495 e. The maximum atomic E-state index is 14.4. The molecule has 11 heteroatoms. The van der Waals surface area contributed by atoms with Crippen LogP contribution in [0.1, 0.15) is 16.7 Å². The molecule has 44 heavy (non-hydrogen) atoms. The molecule has 0 spiro atoms. The Kier molecular flexibility index (Phi) is 11.1. The van der Waals surface area contributed by atoms with E-state index in [0.29, 0.717) is 5.75 Å². The van der Waals surface area contributed by atoms with Gasteiger partial charge in [0.1, 0.15) is 18.3 Å². The average molecular weight is 699 g/mol. The molecule has 0 aliphatic heterocycles. The van der Waals surface area contributed by atoms with Crippen LogP contribution in [0.15, 0.2) is 106 Å². The molecule has 8 nitrogen and oxygen atoms in total. The second-order valence-corrected chi connectivity index (χ2v) is 13.3. The number of likely N-dealkylation sites (N-methyl/N-ethyl adjacent to an activating group) is 1. The first kappa shape index (κ1) is 33.0. The fourth-order valence-electron chi connectivity index (χ4n) is 4.68. The molecule has 0 aliphatic rings. The summed E-state index contributed by atoms with van der Waals surface area (Å²) < 4.78 is 35.4. The standard InChI is InChI=1S/C33H33BrClN3O5S/c1-23-9-16-28(17-10-23)44(41,42)38(27-15-18-31(43-3)29(35)20-27)22-32(39)37(21-25-11-13-26(34)14-12-25)30(33(40)36-2)19-24-7-5-4-6-8-24/h4-18,20,30H,19,21-22H2,1-3H3,(H,36,40)/t30-/m1/s1. The van der Waals surface area contributed by atoms with Gasteiger partial charge in [0.25, 0.3) is 10.0 Å². The summed E-state index contributed by atoms with van der Waals surface area (Å²) in [5, 5.41) is 2.86. The summed E-state index contributed by atoms with van der Waals surface area (Å²) in [4.78, 5) is 29.2. The number of ether oxygens (including phenoxy) is 1. The number of nitrogens with one attached hydrogen (secondary N) is 1. The van der Waals surface area contributed by atoms with Crippen LogP contribution < -0.4 is 14.4 Å². The molecular weight excluding hydrogens is 666 g/mol. The van der Waals surface area contributed by atoms with Crippen LogP contribution >= 0.6 is 27.5 Å². The lowest BCUT2D eigenvalue weighted by Gasteiger charge is -2.33. The van der Waals surface area contributed by atoms with E-state index in [9.17, 15) is 18.0 Å². The van der Waals surface area contributed by atoms with Crippen molar-refractivity contribution in [3.63, 3.8) is 0 Å². The Morgan fingerprint density at radius 2 is 1.59 bits per heavy atom. The summed E-state index contributed by atoms with van der Waals surface area (Å²) in [6, 6.07) is 26.7. The maximum Gasteiger partial charge on any atom is 0.264 e. The molecule has 230 valence electrons. The quantitative estimate of drug-likeness (QED) is 0.196. The summed E-state index contributed by atoms with van der Waals surface area (Å²) in [5.41, 5.74) is 2.67. The highest BCUT2D eigenvalue weighted by Gasteiger charge is 2.34. The Bertz CT molecular complexity index is 1700. The zero-order valence-electron chi connectivity index (χ0n) is 24.5. The monoisotopic (exact) mass is 697 g/mol. The molecule has 0 unspecified atom stereocenters. The lowest BCUT2D eigenvalue weighted by Crippen LogP contribution is -2.53.